The zero-order valence-electron chi connectivity index (χ0n) is 11.1. The van der Waals surface area contributed by atoms with Crippen LogP contribution in [0.2, 0.25) is 10.0 Å². The number of nitrogens with one attached hydrogen (secondary N) is 1. The van der Waals surface area contributed by atoms with Crippen LogP contribution in [0.5, 0.6) is 0 Å². The first-order chi connectivity index (χ1) is 9.97. The molecule has 0 saturated heterocycles. The molecule has 0 atom stereocenters. The highest BCUT2D eigenvalue weighted by molar-refractivity contribution is 6.35. The van der Waals surface area contributed by atoms with E-state index in [1.165, 1.54) is 6.07 Å². The molecule has 0 fully saturated rings. The van der Waals surface area contributed by atoms with Gasteiger partial charge in [-0.25, -0.2) is 4.79 Å². The number of carboxylic acids is 1. The van der Waals surface area contributed by atoms with E-state index >= 15 is 0 Å². The van der Waals surface area contributed by atoms with E-state index in [9.17, 15) is 4.79 Å². The van der Waals surface area contributed by atoms with Gasteiger partial charge < -0.3 is 16.2 Å². The van der Waals surface area contributed by atoms with E-state index in [1.807, 2.05) is 6.07 Å². The van der Waals surface area contributed by atoms with Gasteiger partial charge in [-0.05, 0) is 42.3 Å². The lowest BCUT2D eigenvalue weighted by Crippen LogP contribution is -2.07. The van der Waals surface area contributed by atoms with Crippen LogP contribution in [0.15, 0.2) is 36.4 Å². The van der Waals surface area contributed by atoms with Crippen molar-refractivity contribution in [3.05, 3.63) is 57.6 Å². The van der Waals surface area contributed by atoms with Gasteiger partial charge >= 0.3 is 5.97 Å². The summed E-state index contributed by atoms with van der Waals surface area (Å²) in [4.78, 5) is 10.9. The standard InChI is InChI=1S/C15H14Cl2N2O2/c16-10-2-1-9(13(17)7-10)5-6-19-11-3-4-12(15(20)21)14(18)8-11/h1-4,7-8,19H,5-6,18H2,(H,20,21). The van der Waals surface area contributed by atoms with Gasteiger partial charge in [-0.3, -0.25) is 0 Å². The monoisotopic (exact) mass is 324 g/mol. The van der Waals surface area contributed by atoms with Crippen molar-refractivity contribution in [3.63, 3.8) is 0 Å². The van der Waals surface area contributed by atoms with Crippen LogP contribution < -0.4 is 11.1 Å². The Labute approximate surface area is 132 Å². The van der Waals surface area contributed by atoms with Crippen molar-refractivity contribution in [1.82, 2.24) is 0 Å². The summed E-state index contributed by atoms with van der Waals surface area (Å²) in [5.41, 5.74) is 7.78. The van der Waals surface area contributed by atoms with Gasteiger partial charge in [0, 0.05) is 28.0 Å². The van der Waals surface area contributed by atoms with E-state index < -0.39 is 5.97 Å². The molecule has 0 amide bonds. The Bertz CT molecular complexity index is 675. The number of halogens is 2. The predicted octanol–water partition coefficient (Wildman–Crippen LogP) is 3.93. The lowest BCUT2D eigenvalue weighted by Gasteiger charge is -2.09. The number of carboxylic acid groups (broad SMARTS) is 1. The number of hydrogen-bond acceptors (Lipinski definition) is 3. The molecule has 0 unspecified atom stereocenters. The van der Waals surface area contributed by atoms with E-state index in [2.05, 4.69) is 5.32 Å². The Morgan fingerprint density at radius 3 is 2.57 bits per heavy atom. The van der Waals surface area contributed by atoms with Gasteiger partial charge in [-0.1, -0.05) is 29.3 Å². The van der Waals surface area contributed by atoms with E-state index in [4.69, 9.17) is 34.0 Å². The Balaban J connectivity index is 1.97. The van der Waals surface area contributed by atoms with Crippen molar-refractivity contribution in [2.75, 3.05) is 17.6 Å². The molecule has 2 aromatic rings. The van der Waals surface area contributed by atoms with E-state index in [0.717, 1.165) is 17.7 Å². The van der Waals surface area contributed by atoms with Crippen LogP contribution in [0.1, 0.15) is 15.9 Å². The van der Waals surface area contributed by atoms with Crippen molar-refractivity contribution in [3.8, 4) is 0 Å². The maximum Gasteiger partial charge on any atom is 0.337 e. The number of benzene rings is 2. The molecule has 0 aliphatic carbocycles. The van der Waals surface area contributed by atoms with Gasteiger partial charge in [-0.15, -0.1) is 0 Å². The molecule has 2 aromatic carbocycles. The van der Waals surface area contributed by atoms with Gasteiger partial charge in [0.15, 0.2) is 0 Å². The molecule has 0 aromatic heterocycles. The predicted molar refractivity (Wildman–Crippen MR) is 86.5 cm³/mol. The van der Waals surface area contributed by atoms with Crippen molar-refractivity contribution in [1.29, 1.82) is 0 Å². The fourth-order valence-electron chi connectivity index (χ4n) is 1.93. The zero-order valence-corrected chi connectivity index (χ0v) is 12.6. The van der Waals surface area contributed by atoms with Crippen LogP contribution in [-0.2, 0) is 6.42 Å². The fourth-order valence-corrected chi connectivity index (χ4v) is 2.44. The number of hydrogen-bond donors (Lipinski definition) is 3. The second kappa shape index (κ2) is 6.70. The van der Waals surface area contributed by atoms with Crippen LogP contribution in [0, 0.1) is 0 Å². The number of aromatic carboxylic acids is 1. The SMILES string of the molecule is Nc1cc(NCCc2ccc(Cl)cc2Cl)ccc1C(=O)O. The lowest BCUT2D eigenvalue weighted by molar-refractivity contribution is 0.0698. The summed E-state index contributed by atoms with van der Waals surface area (Å²) in [5.74, 6) is -1.04. The van der Waals surface area contributed by atoms with Gasteiger partial charge in [-0.2, -0.15) is 0 Å². The summed E-state index contributed by atoms with van der Waals surface area (Å²) in [6.07, 6.45) is 0.719. The summed E-state index contributed by atoms with van der Waals surface area (Å²) < 4.78 is 0. The first-order valence-electron chi connectivity index (χ1n) is 6.28. The van der Waals surface area contributed by atoms with E-state index in [1.54, 1.807) is 24.3 Å². The largest absolute Gasteiger partial charge is 0.478 e. The van der Waals surface area contributed by atoms with Crippen molar-refractivity contribution < 1.29 is 9.90 Å². The number of rotatable bonds is 5. The molecule has 6 heteroatoms. The quantitative estimate of drug-likeness (QED) is 0.728. The minimum Gasteiger partial charge on any atom is -0.478 e. The molecule has 0 radical (unpaired) electrons. The smallest absolute Gasteiger partial charge is 0.337 e. The van der Waals surface area contributed by atoms with Crippen molar-refractivity contribution in [2.45, 2.75) is 6.42 Å². The minimum absolute atomic E-state index is 0.0984. The average Bonchev–Trinajstić information content (AvgIpc) is 2.41. The summed E-state index contributed by atoms with van der Waals surface area (Å²) in [5, 5.41) is 13.3. The van der Waals surface area contributed by atoms with Crippen molar-refractivity contribution >= 4 is 40.5 Å². The Morgan fingerprint density at radius 2 is 1.95 bits per heavy atom. The molecule has 0 bridgehead atoms. The molecule has 0 spiro atoms. The maximum absolute atomic E-state index is 10.9. The number of carbonyl (C=O) groups is 1. The second-order valence-corrected chi connectivity index (χ2v) is 5.36. The van der Waals surface area contributed by atoms with Crippen LogP contribution >= 0.6 is 23.2 Å². The van der Waals surface area contributed by atoms with Crippen molar-refractivity contribution in [2.24, 2.45) is 0 Å². The van der Waals surface area contributed by atoms with E-state index in [-0.39, 0.29) is 11.3 Å². The third kappa shape index (κ3) is 4.03. The van der Waals surface area contributed by atoms with E-state index in [0.29, 0.717) is 16.6 Å². The molecule has 4 nitrogen and oxygen atoms in total. The van der Waals surface area contributed by atoms with Crippen LogP contribution in [0.4, 0.5) is 11.4 Å². The lowest BCUT2D eigenvalue weighted by atomic mass is 10.1. The molecule has 0 aliphatic heterocycles. The Morgan fingerprint density at radius 1 is 1.19 bits per heavy atom. The van der Waals surface area contributed by atoms with Gasteiger partial charge in [0.05, 0.1) is 5.56 Å². The molecule has 4 N–H and O–H groups in total. The minimum atomic E-state index is -1.04. The third-order valence-corrected chi connectivity index (χ3v) is 3.61. The molecular weight excluding hydrogens is 311 g/mol. The molecule has 21 heavy (non-hydrogen) atoms. The maximum atomic E-state index is 10.9. The summed E-state index contributed by atoms with van der Waals surface area (Å²) in [6.45, 7) is 0.646. The summed E-state index contributed by atoms with van der Waals surface area (Å²) >= 11 is 11.9. The van der Waals surface area contributed by atoms with Gasteiger partial charge in [0.1, 0.15) is 0 Å². The number of nitrogen functional groups attached to an aromatic ring is 1. The topological polar surface area (TPSA) is 75.3 Å². The third-order valence-electron chi connectivity index (χ3n) is 3.02. The number of anilines is 2. The highest BCUT2D eigenvalue weighted by atomic mass is 35.5. The first kappa shape index (κ1) is 15.5. The first-order valence-corrected chi connectivity index (χ1v) is 7.03. The summed E-state index contributed by atoms with van der Waals surface area (Å²) in [6, 6.07) is 10.2. The second-order valence-electron chi connectivity index (χ2n) is 4.52. The molecular formula is C15H14Cl2N2O2. The van der Waals surface area contributed by atoms with Crippen LogP contribution in [0.25, 0.3) is 0 Å². The summed E-state index contributed by atoms with van der Waals surface area (Å²) in [7, 11) is 0. The van der Waals surface area contributed by atoms with Crippen LogP contribution in [0.3, 0.4) is 0 Å². The average molecular weight is 325 g/mol. The molecule has 0 aliphatic rings. The fraction of sp³-hybridized carbons (Fsp3) is 0.133. The highest BCUT2D eigenvalue weighted by Gasteiger charge is 2.08. The molecule has 0 saturated carbocycles. The molecule has 110 valence electrons. The molecule has 2 rings (SSSR count). The highest BCUT2D eigenvalue weighted by Crippen LogP contribution is 2.22. The Kier molecular flexibility index (Phi) is 4.94. The zero-order chi connectivity index (χ0) is 15.4. The van der Waals surface area contributed by atoms with Crippen LogP contribution in [-0.4, -0.2) is 17.6 Å². The van der Waals surface area contributed by atoms with Gasteiger partial charge in [0.25, 0.3) is 0 Å². The normalized spacial score (nSPS) is 10.4. The number of nitrogens with two attached hydrogens (primary N) is 1. The van der Waals surface area contributed by atoms with Gasteiger partial charge in [0.2, 0.25) is 0 Å². The molecule has 0 heterocycles. The Hall–Kier alpha value is -1.91.